The van der Waals surface area contributed by atoms with Crippen LogP contribution in [-0.2, 0) is 16.1 Å². The molecule has 65 valence electrons. The Labute approximate surface area is 70.1 Å². The van der Waals surface area contributed by atoms with E-state index in [0.29, 0.717) is 5.76 Å². The van der Waals surface area contributed by atoms with Gasteiger partial charge in [-0.1, -0.05) is 0 Å². The number of rotatable bonds is 3. The standard InChI is InChI=1S/C8H9O4/c1-2-10-8(9)12-6-7-4-3-5-11-7/h2-5H,6H2,1H3. The normalized spacial score (nSPS) is 9.42. The second kappa shape index (κ2) is 4.43. The SMILES string of the molecule is C[CH]OC(=O)OCc1ccco1. The molecule has 0 aromatic carbocycles. The molecule has 4 nitrogen and oxygen atoms in total. The highest BCUT2D eigenvalue weighted by molar-refractivity contribution is 5.60. The van der Waals surface area contributed by atoms with Crippen molar-refractivity contribution in [2.75, 3.05) is 0 Å². The number of furan rings is 1. The Hall–Kier alpha value is -1.45. The minimum absolute atomic E-state index is 0.0969. The summed E-state index contributed by atoms with van der Waals surface area (Å²) in [5, 5.41) is 0. The van der Waals surface area contributed by atoms with Crippen LogP contribution in [0.5, 0.6) is 0 Å². The molecule has 0 unspecified atom stereocenters. The van der Waals surface area contributed by atoms with Crippen molar-refractivity contribution in [3.63, 3.8) is 0 Å². The van der Waals surface area contributed by atoms with E-state index in [2.05, 4.69) is 9.47 Å². The zero-order chi connectivity index (χ0) is 8.81. The Kier molecular flexibility index (Phi) is 3.19. The molecule has 0 saturated heterocycles. The van der Waals surface area contributed by atoms with Gasteiger partial charge in [-0.15, -0.1) is 0 Å². The van der Waals surface area contributed by atoms with Gasteiger partial charge in [0.1, 0.15) is 12.4 Å². The Bertz CT molecular complexity index is 227. The van der Waals surface area contributed by atoms with Gasteiger partial charge < -0.3 is 13.9 Å². The molecule has 0 aliphatic heterocycles. The van der Waals surface area contributed by atoms with Crippen molar-refractivity contribution >= 4 is 6.16 Å². The van der Waals surface area contributed by atoms with E-state index in [0.717, 1.165) is 0 Å². The summed E-state index contributed by atoms with van der Waals surface area (Å²) >= 11 is 0. The van der Waals surface area contributed by atoms with Gasteiger partial charge in [0.05, 0.1) is 6.26 Å². The first kappa shape index (κ1) is 8.64. The molecule has 1 rings (SSSR count). The predicted octanol–water partition coefficient (Wildman–Crippen LogP) is 2.11. The Morgan fingerprint density at radius 3 is 3.17 bits per heavy atom. The lowest BCUT2D eigenvalue weighted by molar-refractivity contribution is 0.0637. The molecule has 1 heterocycles. The fourth-order valence-corrected chi connectivity index (χ4v) is 0.655. The Balaban J connectivity index is 2.22. The predicted molar refractivity (Wildman–Crippen MR) is 40.0 cm³/mol. The summed E-state index contributed by atoms with van der Waals surface area (Å²) in [6.07, 6.45) is 0.782. The van der Waals surface area contributed by atoms with Gasteiger partial charge in [-0.05, 0) is 19.1 Å². The zero-order valence-electron chi connectivity index (χ0n) is 6.65. The monoisotopic (exact) mass is 169 g/mol. The highest BCUT2D eigenvalue weighted by Gasteiger charge is 2.03. The Morgan fingerprint density at radius 1 is 1.75 bits per heavy atom. The van der Waals surface area contributed by atoms with E-state index in [9.17, 15) is 4.79 Å². The third kappa shape index (κ3) is 2.65. The molecule has 12 heavy (non-hydrogen) atoms. The van der Waals surface area contributed by atoms with Crippen molar-refractivity contribution in [1.29, 1.82) is 0 Å². The largest absolute Gasteiger partial charge is 0.509 e. The fraction of sp³-hybridized carbons (Fsp3) is 0.250. The molecule has 1 aromatic heterocycles. The van der Waals surface area contributed by atoms with Crippen molar-refractivity contribution in [3.8, 4) is 0 Å². The van der Waals surface area contributed by atoms with Crippen molar-refractivity contribution in [1.82, 2.24) is 0 Å². The molecule has 1 aromatic rings. The van der Waals surface area contributed by atoms with Crippen LogP contribution in [0.15, 0.2) is 22.8 Å². The first-order valence-corrected chi connectivity index (χ1v) is 3.46. The molecule has 0 aliphatic rings. The Morgan fingerprint density at radius 2 is 2.58 bits per heavy atom. The maximum Gasteiger partial charge on any atom is 0.509 e. The highest BCUT2D eigenvalue weighted by atomic mass is 16.7. The molecular formula is C8H9O4. The quantitative estimate of drug-likeness (QED) is 0.650. The van der Waals surface area contributed by atoms with Crippen molar-refractivity contribution in [2.45, 2.75) is 13.5 Å². The van der Waals surface area contributed by atoms with Crippen LogP contribution in [0.25, 0.3) is 0 Å². The molecule has 0 fully saturated rings. The van der Waals surface area contributed by atoms with Crippen LogP contribution >= 0.6 is 0 Å². The van der Waals surface area contributed by atoms with Gasteiger partial charge in [0.2, 0.25) is 0 Å². The second-order valence-electron chi connectivity index (χ2n) is 1.97. The molecule has 0 bridgehead atoms. The molecule has 0 atom stereocenters. The maximum atomic E-state index is 10.6. The minimum atomic E-state index is -0.728. The summed E-state index contributed by atoms with van der Waals surface area (Å²) in [4.78, 5) is 10.6. The molecule has 0 aliphatic carbocycles. The molecule has 1 radical (unpaired) electrons. The number of carbonyl (C=O) groups is 1. The van der Waals surface area contributed by atoms with Crippen molar-refractivity contribution in [3.05, 3.63) is 30.8 Å². The van der Waals surface area contributed by atoms with E-state index in [1.54, 1.807) is 19.1 Å². The van der Waals surface area contributed by atoms with Crippen molar-refractivity contribution in [2.24, 2.45) is 0 Å². The lowest BCUT2D eigenvalue weighted by atomic mass is 10.5. The smallest absolute Gasteiger partial charge is 0.466 e. The molecular weight excluding hydrogens is 160 g/mol. The van der Waals surface area contributed by atoms with E-state index in [-0.39, 0.29) is 6.61 Å². The molecule has 0 N–H and O–H groups in total. The van der Waals surface area contributed by atoms with Gasteiger partial charge in [0, 0.05) is 0 Å². The van der Waals surface area contributed by atoms with Crippen LogP contribution in [-0.4, -0.2) is 6.16 Å². The van der Waals surface area contributed by atoms with Gasteiger partial charge in [-0.3, -0.25) is 0 Å². The third-order valence-corrected chi connectivity index (χ3v) is 1.13. The summed E-state index contributed by atoms with van der Waals surface area (Å²) in [5.41, 5.74) is 0. The van der Waals surface area contributed by atoms with Gasteiger partial charge >= 0.3 is 6.16 Å². The third-order valence-electron chi connectivity index (χ3n) is 1.13. The van der Waals surface area contributed by atoms with Crippen molar-refractivity contribution < 1.29 is 18.7 Å². The summed E-state index contributed by atoms with van der Waals surface area (Å²) in [6.45, 7) is 2.94. The lowest BCUT2D eigenvalue weighted by Gasteiger charge is -2.00. The summed E-state index contributed by atoms with van der Waals surface area (Å²) < 4.78 is 14.0. The number of hydrogen-bond acceptors (Lipinski definition) is 4. The average molecular weight is 169 g/mol. The average Bonchev–Trinajstić information content (AvgIpc) is 2.53. The lowest BCUT2D eigenvalue weighted by Crippen LogP contribution is -2.04. The van der Waals surface area contributed by atoms with Gasteiger partial charge in [0.15, 0.2) is 6.61 Å². The van der Waals surface area contributed by atoms with E-state index in [4.69, 9.17) is 4.42 Å². The van der Waals surface area contributed by atoms with Crippen LogP contribution < -0.4 is 0 Å². The molecule has 0 spiro atoms. The zero-order valence-corrected chi connectivity index (χ0v) is 6.65. The summed E-state index contributed by atoms with van der Waals surface area (Å²) in [6, 6.07) is 3.43. The minimum Gasteiger partial charge on any atom is -0.466 e. The van der Waals surface area contributed by atoms with E-state index >= 15 is 0 Å². The first-order chi connectivity index (χ1) is 5.83. The van der Waals surface area contributed by atoms with Crippen LogP contribution in [0.4, 0.5) is 4.79 Å². The van der Waals surface area contributed by atoms with Crippen LogP contribution in [0, 0.1) is 6.61 Å². The second-order valence-corrected chi connectivity index (χ2v) is 1.97. The van der Waals surface area contributed by atoms with Crippen LogP contribution in [0.3, 0.4) is 0 Å². The molecule has 4 heteroatoms. The van der Waals surface area contributed by atoms with Crippen LogP contribution in [0.1, 0.15) is 12.7 Å². The summed E-state index contributed by atoms with van der Waals surface area (Å²) in [7, 11) is 0. The maximum absolute atomic E-state index is 10.6. The highest BCUT2D eigenvalue weighted by Crippen LogP contribution is 2.02. The number of carbonyl (C=O) groups excluding carboxylic acids is 1. The number of hydrogen-bond donors (Lipinski definition) is 0. The topological polar surface area (TPSA) is 48.7 Å². The molecule has 0 saturated carbocycles. The van der Waals surface area contributed by atoms with E-state index in [1.165, 1.54) is 12.9 Å². The first-order valence-electron chi connectivity index (χ1n) is 3.46. The summed E-state index contributed by atoms with van der Waals surface area (Å²) in [5.74, 6) is 0.586. The van der Waals surface area contributed by atoms with Gasteiger partial charge in [0.25, 0.3) is 0 Å². The fourth-order valence-electron chi connectivity index (χ4n) is 0.655. The molecule has 0 amide bonds. The van der Waals surface area contributed by atoms with E-state index < -0.39 is 6.16 Å². The van der Waals surface area contributed by atoms with Gasteiger partial charge in [-0.2, -0.15) is 0 Å². The van der Waals surface area contributed by atoms with Crippen LogP contribution in [0.2, 0.25) is 0 Å². The number of ether oxygens (including phenoxy) is 2. The van der Waals surface area contributed by atoms with Gasteiger partial charge in [-0.25, -0.2) is 4.79 Å². The van der Waals surface area contributed by atoms with E-state index in [1.807, 2.05) is 0 Å².